The Morgan fingerprint density at radius 2 is 2.07 bits per heavy atom. The molecule has 0 unspecified atom stereocenters. The normalized spacial score (nSPS) is 9.67. The molecule has 80 valence electrons. The summed E-state index contributed by atoms with van der Waals surface area (Å²) in [4.78, 5) is 21.5. The maximum absolute atomic E-state index is 11.3. The number of amides is 1. The largest absolute Gasteiger partial charge is 0.507 e. The molecule has 0 aliphatic carbocycles. The number of rotatable bonds is 3. The van der Waals surface area contributed by atoms with Crippen LogP contribution in [0.5, 0.6) is 5.75 Å². The molecule has 0 aliphatic heterocycles. The van der Waals surface area contributed by atoms with Crippen LogP contribution in [0, 0.1) is 0 Å². The van der Waals surface area contributed by atoms with Crippen LogP contribution in [0.2, 0.25) is 0 Å². The maximum atomic E-state index is 11.3. The van der Waals surface area contributed by atoms with Crippen LogP contribution >= 0.6 is 15.9 Å². The highest BCUT2D eigenvalue weighted by Gasteiger charge is 2.11. The summed E-state index contributed by atoms with van der Waals surface area (Å²) in [5, 5.41) is 19.9. The van der Waals surface area contributed by atoms with Gasteiger partial charge in [-0.2, -0.15) is 0 Å². The van der Waals surface area contributed by atoms with Crippen LogP contribution in [0.25, 0.3) is 0 Å². The Hall–Kier alpha value is -1.56. The first-order valence-corrected chi connectivity index (χ1v) is 4.78. The van der Waals surface area contributed by atoms with Gasteiger partial charge in [0.1, 0.15) is 12.3 Å². The van der Waals surface area contributed by atoms with Crippen LogP contribution in [0.1, 0.15) is 10.4 Å². The molecule has 6 heteroatoms. The van der Waals surface area contributed by atoms with E-state index in [1.165, 1.54) is 12.1 Å². The smallest absolute Gasteiger partial charge is 0.322 e. The van der Waals surface area contributed by atoms with Crippen molar-refractivity contribution in [3.05, 3.63) is 28.2 Å². The van der Waals surface area contributed by atoms with Gasteiger partial charge in [-0.25, -0.2) is 0 Å². The van der Waals surface area contributed by atoms with Crippen LogP contribution in [0.3, 0.4) is 0 Å². The van der Waals surface area contributed by atoms with Gasteiger partial charge >= 0.3 is 5.97 Å². The van der Waals surface area contributed by atoms with E-state index in [9.17, 15) is 14.7 Å². The van der Waals surface area contributed by atoms with E-state index in [2.05, 4.69) is 21.2 Å². The van der Waals surface area contributed by atoms with Crippen molar-refractivity contribution in [1.82, 2.24) is 5.32 Å². The minimum absolute atomic E-state index is 0.0412. The van der Waals surface area contributed by atoms with Gasteiger partial charge in [0.15, 0.2) is 0 Å². The van der Waals surface area contributed by atoms with Crippen LogP contribution in [0.15, 0.2) is 22.7 Å². The number of carbonyl (C=O) groups excluding carboxylic acids is 1. The van der Waals surface area contributed by atoms with E-state index in [1.54, 1.807) is 6.07 Å². The van der Waals surface area contributed by atoms with E-state index in [-0.39, 0.29) is 11.3 Å². The monoisotopic (exact) mass is 273 g/mol. The van der Waals surface area contributed by atoms with Gasteiger partial charge in [-0.1, -0.05) is 15.9 Å². The molecule has 0 saturated carbocycles. The van der Waals surface area contributed by atoms with Crippen molar-refractivity contribution >= 4 is 27.8 Å². The van der Waals surface area contributed by atoms with E-state index >= 15 is 0 Å². The van der Waals surface area contributed by atoms with E-state index in [0.29, 0.717) is 4.47 Å². The van der Waals surface area contributed by atoms with Crippen molar-refractivity contribution in [3.8, 4) is 5.75 Å². The number of hydrogen-bond acceptors (Lipinski definition) is 3. The molecule has 0 bridgehead atoms. The molecule has 1 aromatic rings. The number of nitrogens with one attached hydrogen (secondary N) is 1. The number of aliphatic carboxylic acids is 1. The van der Waals surface area contributed by atoms with Crippen LogP contribution in [-0.4, -0.2) is 28.6 Å². The fourth-order valence-corrected chi connectivity index (χ4v) is 1.30. The van der Waals surface area contributed by atoms with Gasteiger partial charge in [0, 0.05) is 4.47 Å². The summed E-state index contributed by atoms with van der Waals surface area (Å²) in [5.74, 6) is -1.96. The van der Waals surface area contributed by atoms with Crippen molar-refractivity contribution in [2.75, 3.05) is 6.54 Å². The Morgan fingerprint density at radius 1 is 1.40 bits per heavy atom. The quantitative estimate of drug-likeness (QED) is 0.766. The fourth-order valence-electron chi connectivity index (χ4n) is 0.948. The number of carbonyl (C=O) groups is 2. The first-order chi connectivity index (χ1) is 7.00. The standard InChI is InChI=1S/C9H8BrNO4/c10-5-1-2-6(7(12)3-5)9(15)11-4-8(13)14/h1-3,12H,4H2,(H,11,15)(H,13,14). The Bertz CT molecular complexity index is 405. The predicted molar refractivity (Wildman–Crippen MR) is 55.8 cm³/mol. The second-order valence-corrected chi connectivity index (χ2v) is 3.65. The predicted octanol–water partition coefficient (Wildman–Crippen LogP) is 0.969. The van der Waals surface area contributed by atoms with Crippen molar-refractivity contribution in [3.63, 3.8) is 0 Å². The minimum Gasteiger partial charge on any atom is -0.507 e. The van der Waals surface area contributed by atoms with Crippen molar-refractivity contribution in [2.24, 2.45) is 0 Å². The van der Waals surface area contributed by atoms with Gasteiger partial charge in [0.25, 0.3) is 5.91 Å². The molecule has 5 nitrogen and oxygen atoms in total. The second-order valence-electron chi connectivity index (χ2n) is 2.74. The molecule has 0 heterocycles. The second kappa shape index (κ2) is 4.79. The Labute approximate surface area is 93.9 Å². The number of benzene rings is 1. The molecule has 0 fully saturated rings. The molecule has 0 spiro atoms. The number of halogens is 1. The van der Waals surface area contributed by atoms with Gasteiger partial charge in [-0.15, -0.1) is 0 Å². The third-order valence-electron chi connectivity index (χ3n) is 1.60. The van der Waals surface area contributed by atoms with Crippen LogP contribution < -0.4 is 5.32 Å². The van der Waals surface area contributed by atoms with Crippen molar-refractivity contribution in [2.45, 2.75) is 0 Å². The number of aromatic hydroxyl groups is 1. The number of hydrogen-bond donors (Lipinski definition) is 3. The van der Waals surface area contributed by atoms with E-state index in [1.807, 2.05) is 0 Å². The van der Waals surface area contributed by atoms with Crippen molar-refractivity contribution < 1.29 is 19.8 Å². The van der Waals surface area contributed by atoms with E-state index in [0.717, 1.165) is 0 Å². The topological polar surface area (TPSA) is 86.6 Å². The SMILES string of the molecule is O=C(O)CNC(=O)c1ccc(Br)cc1O. The molecule has 15 heavy (non-hydrogen) atoms. The lowest BCUT2D eigenvalue weighted by atomic mass is 10.2. The summed E-state index contributed by atoms with van der Waals surface area (Å²) in [5.41, 5.74) is 0.0412. The summed E-state index contributed by atoms with van der Waals surface area (Å²) >= 11 is 3.12. The maximum Gasteiger partial charge on any atom is 0.322 e. The van der Waals surface area contributed by atoms with Crippen LogP contribution in [0.4, 0.5) is 0 Å². The molecule has 3 N–H and O–H groups in total. The van der Waals surface area contributed by atoms with Crippen molar-refractivity contribution in [1.29, 1.82) is 0 Å². The Balaban J connectivity index is 2.78. The third kappa shape index (κ3) is 3.25. The molecule has 1 amide bonds. The number of carboxylic acid groups (broad SMARTS) is 1. The minimum atomic E-state index is -1.14. The van der Waals surface area contributed by atoms with E-state index < -0.39 is 18.4 Å². The van der Waals surface area contributed by atoms with Crippen LogP contribution in [-0.2, 0) is 4.79 Å². The van der Waals surface area contributed by atoms with Gasteiger partial charge in [0.2, 0.25) is 0 Å². The van der Waals surface area contributed by atoms with E-state index in [4.69, 9.17) is 5.11 Å². The lowest BCUT2D eigenvalue weighted by molar-refractivity contribution is -0.135. The molecule has 1 rings (SSSR count). The molecule has 1 aromatic carbocycles. The zero-order chi connectivity index (χ0) is 11.4. The molecule has 0 aliphatic rings. The van der Waals surface area contributed by atoms with Gasteiger partial charge in [-0.05, 0) is 18.2 Å². The molecular formula is C9H8BrNO4. The number of phenols is 1. The number of phenolic OH excluding ortho intramolecular Hbond substituents is 1. The molecule has 0 atom stereocenters. The zero-order valence-corrected chi connectivity index (χ0v) is 9.11. The number of carboxylic acids is 1. The Morgan fingerprint density at radius 3 is 2.60 bits per heavy atom. The average Bonchev–Trinajstić information content (AvgIpc) is 2.14. The lowest BCUT2D eigenvalue weighted by Gasteiger charge is -2.04. The summed E-state index contributed by atoms with van der Waals surface area (Å²) in [6.07, 6.45) is 0. The van der Waals surface area contributed by atoms with Gasteiger partial charge < -0.3 is 15.5 Å². The average molecular weight is 274 g/mol. The highest BCUT2D eigenvalue weighted by molar-refractivity contribution is 9.10. The molecular weight excluding hydrogens is 266 g/mol. The molecule has 0 radical (unpaired) electrons. The van der Waals surface area contributed by atoms with Gasteiger partial charge in [-0.3, -0.25) is 9.59 Å². The zero-order valence-electron chi connectivity index (χ0n) is 7.53. The summed E-state index contributed by atoms with van der Waals surface area (Å²) in [6, 6.07) is 4.34. The summed E-state index contributed by atoms with van der Waals surface area (Å²) in [7, 11) is 0. The first kappa shape index (κ1) is 11.5. The highest BCUT2D eigenvalue weighted by Crippen LogP contribution is 2.21. The fraction of sp³-hybridized carbons (Fsp3) is 0.111. The summed E-state index contributed by atoms with van der Waals surface area (Å²) < 4.78 is 0.634. The summed E-state index contributed by atoms with van der Waals surface area (Å²) in [6.45, 7) is -0.478. The molecule has 0 saturated heterocycles. The lowest BCUT2D eigenvalue weighted by Crippen LogP contribution is -2.29. The van der Waals surface area contributed by atoms with Gasteiger partial charge in [0.05, 0.1) is 5.56 Å². The highest BCUT2D eigenvalue weighted by atomic mass is 79.9. The third-order valence-corrected chi connectivity index (χ3v) is 2.10. The first-order valence-electron chi connectivity index (χ1n) is 3.99. The molecule has 0 aromatic heterocycles. The Kier molecular flexibility index (Phi) is 3.68.